The third-order valence-corrected chi connectivity index (χ3v) is 11.5. The van der Waals surface area contributed by atoms with Crippen LogP contribution in [0.3, 0.4) is 0 Å². The molecule has 0 radical (unpaired) electrons. The van der Waals surface area contributed by atoms with Crippen molar-refractivity contribution >= 4 is 23.2 Å². The van der Waals surface area contributed by atoms with Crippen molar-refractivity contribution in [2.45, 2.75) is 19.2 Å². The number of hydrogen-bond acceptors (Lipinski definition) is 2. The Morgan fingerprint density at radius 1 is 0.632 bits per heavy atom. The first kappa shape index (κ1) is 26.5. The molecule has 0 amide bonds. The van der Waals surface area contributed by atoms with Gasteiger partial charge in [0, 0.05) is 17.5 Å². The Bertz CT molecular complexity index is 1360. The van der Waals surface area contributed by atoms with Gasteiger partial charge in [-0.2, -0.15) is 0 Å². The number of hydrogen-bond donors (Lipinski definition) is 0. The lowest BCUT2D eigenvalue weighted by Gasteiger charge is -2.28. The van der Waals surface area contributed by atoms with E-state index in [2.05, 4.69) is 127 Å². The highest BCUT2D eigenvalue weighted by Gasteiger charge is 2.46. The largest absolute Gasteiger partial charge is 1.00 e. The van der Waals surface area contributed by atoms with E-state index in [9.17, 15) is 0 Å². The van der Waals surface area contributed by atoms with Gasteiger partial charge >= 0.3 is 0 Å². The van der Waals surface area contributed by atoms with E-state index in [4.69, 9.17) is 9.47 Å². The van der Waals surface area contributed by atoms with E-state index in [-0.39, 0.29) is 24.0 Å². The van der Waals surface area contributed by atoms with Gasteiger partial charge < -0.3 is 33.5 Å². The standard InChI is InChI=1S/C34H30O2P.HI/c1-5-13-27(14-6-1)25-36-34-23-28-21-22-35-33(28)24-29(34)26-37(30-15-7-2-8-16-30,31-17-9-3-10-18-31)32-19-11-4-12-20-32;/h1-20,23-24H,21-22,25-26H2;1H/q+1;/p-1. The van der Waals surface area contributed by atoms with Crippen molar-refractivity contribution in [2.75, 3.05) is 6.61 Å². The topological polar surface area (TPSA) is 18.5 Å². The highest BCUT2D eigenvalue weighted by molar-refractivity contribution is 7.95. The van der Waals surface area contributed by atoms with Crippen molar-refractivity contribution in [1.29, 1.82) is 0 Å². The first-order valence-electron chi connectivity index (χ1n) is 12.8. The van der Waals surface area contributed by atoms with Crippen molar-refractivity contribution < 1.29 is 33.5 Å². The van der Waals surface area contributed by atoms with Crippen LogP contribution in [-0.2, 0) is 19.2 Å². The molecule has 0 bridgehead atoms. The van der Waals surface area contributed by atoms with E-state index in [1.165, 1.54) is 32.6 Å². The van der Waals surface area contributed by atoms with Gasteiger partial charge in [-0.1, -0.05) is 84.9 Å². The molecule has 0 aliphatic carbocycles. The first-order valence-corrected chi connectivity index (χ1v) is 14.8. The van der Waals surface area contributed by atoms with Crippen LogP contribution in [0.5, 0.6) is 11.5 Å². The zero-order valence-corrected chi connectivity index (χ0v) is 24.2. The summed E-state index contributed by atoms with van der Waals surface area (Å²) in [6, 6.07) is 47.9. The molecular formula is C34H30IO2P. The zero-order valence-electron chi connectivity index (χ0n) is 21.2. The van der Waals surface area contributed by atoms with E-state index >= 15 is 0 Å². The summed E-state index contributed by atoms with van der Waals surface area (Å²) in [5, 5.41) is 4.09. The predicted molar refractivity (Wildman–Crippen MR) is 155 cm³/mol. The minimum absolute atomic E-state index is 0. The number of halogens is 1. The van der Waals surface area contributed by atoms with Crippen LogP contribution in [0.15, 0.2) is 133 Å². The van der Waals surface area contributed by atoms with Crippen LogP contribution in [0.4, 0.5) is 0 Å². The van der Waals surface area contributed by atoms with Crippen LogP contribution < -0.4 is 49.4 Å². The molecule has 4 heteroatoms. The fourth-order valence-electron chi connectivity index (χ4n) is 5.26. The molecule has 190 valence electrons. The highest BCUT2D eigenvalue weighted by atomic mass is 127. The van der Waals surface area contributed by atoms with Gasteiger partial charge in [-0.05, 0) is 54.1 Å². The average molecular weight is 628 g/mol. The quantitative estimate of drug-likeness (QED) is 0.193. The molecule has 38 heavy (non-hydrogen) atoms. The Morgan fingerprint density at radius 2 is 1.13 bits per heavy atom. The van der Waals surface area contributed by atoms with Gasteiger partial charge in [0.05, 0.1) is 6.61 Å². The number of ether oxygens (including phenoxy) is 2. The SMILES string of the molecule is [I-].c1ccc(COc2cc3c(cc2C[P+](c2ccccc2)(c2ccccc2)c2ccccc2)OCC3)cc1. The number of rotatable bonds is 8. The Balaban J connectivity index is 0.00000294. The molecule has 0 aromatic heterocycles. The van der Waals surface area contributed by atoms with E-state index in [0.29, 0.717) is 6.61 Å². The van der Waals surface area contributed by atoms with Crippen molar-refractivity contribution in [1.82, 2.24) is 0 Å². The van der Waals surface area contributed by atoms with Crippen LogP contribution in [0.2, 0.25) is 0 Å². The summed E-state index contributed by atoms with van der Waals surface area (Å²) < 4.78 is 12.6. The maximum atomic E-state index is 6.56. The van der Waals surface area contributed by atoms with Crippen LogP contribution in [0, 0.1) is 0 Å². The summed E-state index contributed by atoms with van der Waals surface area (Å²) in [6.07, 6.45) is 1.78. The fourth-order valence-corrected chi connectivity index (χ4v) is 9.51. The van der Waals surface area contributed by atoms with Gasteiger partial charge in [0.2, 0.25) is 0 Å². The molecule has 0 saturated heterocycles. The monoisotopic (exact) mass is 628 g/mol. The number of fused-ring (bicyclic) bond motifs is 1. The summed E-state index contributed by atoms with van der Waals surface area (Å²) in [7, 11) is -2.06. The van der Waals surface area contributed by atoms with E-state index in [0.717, 1.165) is 30.7 Å². The molecule has 1 aliphatic heterocycles. The van der Waals surface area contributed by atoms with Gasteiger partial charge in [-0.3, -0.25) is 0 Å². The van der Waals surface area contributed by atoms with E-state index < -0.39 is 7.26 Å². The molecule has 2 nitrogen and oxygen atoms in total. The molecule has 1 heterocycles. The fraction of sp³-hybridized carbons (Fsp3) is 0.118. The predicted octanol–water partition coefficient (Wildman–Crippen LogP) is 3.70. The Hall–Kier alpha value is -3.14. The van der Waals surface area contributed by atoms with E-state index in [1.54, 1.807) is 0 Å². The second-order valence-corrected chi connectivity index (χ2v) is 12.9. The molecule has 0 spiro atoms. The Morgan fingerprint density at radius 3 is 1.66 bits per heavy atom. The second-order valence-electron chi connectivity index (χ2n) is 9.41. The summed E-state index contributed by atoms with van der Waals surface area (Å²) in [5.41, 5.74) is 3.59. The van der Waals surface area contributed by atoms with Gasteiger partial charge in [0.25, 0.3) is 0 Å². The molecular weight excluding hydrogens is 598 g/mol. The minimum atomic E-state index is -2.06. The van der Waals surface area contributed by atoms with Crippen molar-refractivity contribution in [3.8, 4) is 11.5 Å². The van der Waals surface area contributed by atoms with Gasteiger partial charge in [-0.15, -0.1) is 0 Å². The first-order chi connectivity index (χ1) is 18.3. The molecule has 0 N–H and O–H groups in total. The Kier molecular flexibility index (Phi) is 8.46. The highest BCUT2D eigenvalue weighted by Crippen LogP contribution is 2.59. The lowest BCUT2D eigenvalue weighted by atomic mass is 10.1. The maximum absolute atomic E-state index is 6.56. The minimum Gasteiger partial charge on any atom is -1.00 e. The zero-order chi connectivity index (χ0) is 24.9. The van der Waals surface area contributed by atoms with Crippen LogP contribution in [0.25, 0.3) is 0 Å². The van der Waals surface area contributed by atoms with Crippen LogP contribution in [-0.4, -0.2) is 6.61 Å². The molecule has 0 unspecified atom stereocenters. The molecule has 0 atom stereocenters. The number of benzene rings is 5. The smallest absolute Gasteiger partial charge is 0.127 e. The molecule has 5 aromatic rings. The summed E-state index contributed by atoms with van der Waals surface area (Å²) >= 11 is 0. The summed E-state index contributed by atoms with van der Waals surface area (Å²) in [5.74, 6) is 1.95. The third kappa shape index (κ3) is 5.36. The molecule has 5 aromatic carbocycles. The van der Waals surface area contributed by atoms with Crippen molar-refractivity contribution in [3.05, 3.63) is 150 Å². The normalized spacial score (nSPS) is 12.2. The maximum Gasteiger partial charge on any atom is 0.127 e. The molecule has 1 aliphatic rings. The lowest BCUT2D eigenvalue weighted by Crippen LogP contribution is -3.00. The van der Waals surface area contributed by atoms with Crippen LogP contribution in [0.1, 0.15) is 16.7 Å². The summed E-state index contributed by atoms with van der Waals surface area (Å²) in [6.45, 7) is 1.27. The van der Waals surface area contributed by atoms with Crippen molar-refractivity contribution in [2.24, 2.45) is 0 Å². The van der Waals surface area contributed by atoms with Crippen molar-refractivity contribution in [3.63, 3.8) is 0 Å². The summed E-state index contributed by atoms with van der Waals surface area (Å²) in [4.78, 5) is 0. The van der Waals surface area contributed by atoms with Gasteiger partial charge in [-0.25, -0.2) is 0 Å². The molecule has 0 saturated carbocycles. The van der Waals surface area contributed by atoms with E-state index in [1.807, 2.05) is 6.07 Å². The lowest BCUT2D eigenvalue weighted by molar-refractivity contribution is -0.00000794. The van der Waals surface area contributed by atoms with Crippen LogP contribution >= 0.6 is 7.26 Å². The van der Waals surface area contributed by atoms with Gasteiger partial charge in [0.15, 0.2) is 0 Å². The third-order valence-electron chi connectivity index (χ3n) is 7.11. The Labute approximate surface area is 243 Å². The van der Waals surface area contributed by atoms with Gasteiger partial charge in [0.1, 0.15) is 47.4 Å². The average Bonchev–Trinajstić information content (AvgIpc) is 3.44. The molecule has 6 rings (SSSR count). The second kappa shape index (κ2) is 12.1. The molecule has 0 fully saturated rings.